The molecule has 7 nitrogen and oxygen atoms in total. The number of imidazole rings is 1. The second-order valence-corrected chi connectivity index (χ2v) is 6.99. The van der Waals surface area contributed by atoms with E-state index < -0.39 is 0 Å². The molecule has 2 aliphatic rings. The highest BCUT2D eigenvalue weighted by atomic mass is 16.2. The molecule has 2 amide bonds. The van der Waals surface area contributed by atoms with Crippen LogP contribution in [0.15, 0.2) is 24.7 Å². The van der Waals surface area contributed by atoms with E-state index in [1.165, 1.54) is 0 Å². The summed E-state index contributed by atoms with van der Waals surface area (Å²) in [5.74, 6) is 1.56. The average molecular weight is 327 g/mol. The molecule has 0 spiro atoms. The van der Waals surface area contributed by atoms with Crippen molar-refractivity contribution in [2.24, 2.45) is 11.8 Å². The summed E-state index contributed by atoms with van der Waals surface area (Å²) < 4.78 is 1.75. The van der Waals surface area contributed by atoms with Crippen LogP contribution in [0.5, 0.6) is 0 Å². The molecule has 2 fully saturated rings. The third-order valence-electron chi connectivity index (χ3n) is 5.51. The Hall–Kier alpha value is -2.44. The Kier molecular flexibility index (Phi) is 3.51. The van der Waals surface area contributed by atoms with Crippen LogP contribution in [-0.2, 0) is 4.79 Å². The number of carbonyl (C=O) groups is 2. The second-order valence-electron chi connectivity index (χ2n) is 6.99. The quantitative estimate of drug-likeness (QED) is 0.827. The van der Waals surface area contributed by atoms with Crippen LogP contribution >= 0.6 is 0 Å². The predicted octanol–water partition coefficient (Wildman–Crippen LogP) is 1.06. The SMILES string of the molecule is CN1C[C@H]2C[C@@H](N(C)C(=O)c3cn4cccnc4n3)C[C@H]2CC1=O. The molecule has 24 heavy (non-hydrogen) atoms. The molecule has 3 heterocycles. The van der Waals surface area contributed by atoms with Gasteiger partial charge in [0.25, 0.3) is 5.91 Å². The van der Waals surface area contributed by atoms with E-state index >= 15 is 0 Å². The minimum Gasteiger partial charge on any atom is -0.345 e. The summed E-state index contributed by atoms with van der Waals surface area (Å²) in [6.45, 7) is 0.806. The molecule has 1 aliphatic carbocycles. The number of carbonyl (C=O) groups excluding carboxylic acids is 2. The maximum absolute atomic E-state index is 12.8. The van der Waals surface area contributed by atoms with Gasteiger partial charge in [-0.15, -0.1) is 0 Å². The van der Waals surface area contributed by atoms with Crippen LogP contribution in [0.2, 0.25) is 0 Å². The van der Waals surface area contributed by atoms with Crippen molar-refractivity contribution in [2.75, 3.05) is 20.6 Å². The number of amides is 2. The lowest BCUT2D eigenvalue weighted by Gasteiger charge is -2.31. The molecule has 1 aliphatic heterocycles. The highest BCUT2D eigenvalue weighted by Crippen LogP contribution is 2.40. The van der Waals surface area contributed by atoms with Gasteiger partial charge in [0.05, 0.1) is 0 Å². The van der Waals surface area contributed by atoms with Gasteiger partial charge in [-0.2, -0.15) is 0 Å². The van der Waals surface area contributed by atoms with Gasteiger partial charge in [0.2, 0.25) is 11.7 Å². The maximum atomic E-state index is 12.8. The summed E-state index contributed by atoms with van der Waals surface area (Å²) in [6, 6.07) is 1.98. The molecule has 0 radical (unpaired) electrons. The fourth-order valence-corrected chi connectivity index (χ4v) is 4.08. The van der Waals surface area contributed by atoms with Gasteiger partial charge in [0.15, 0.2) is 0 Å². The van der Waals surface area contributed by atoms with E-state index in [0.717, 1.165) is 19.4 Å². The normalized spacial score (nSPS) is 26.7. The highest BCUT2D eigenvalue weighted by Gasteiger charge is 2.42. The van der Waals surface area contributed by atoms with E-state index in [0.29, 0.717) is 29.7 Å². The molecular formula is C17H21N5O2. The fraction of sp³-hybridized carbons (Fsp3) is 0.529. The highest BCUT2D eigenvalue weighted by molar-refractivity contribution is 5.92. The van der Waals surface area contributed by atoms with Crippen molar-refractivity contribution in [1.82, 2.24) is 24.2 Å². The Morgan fingerprint density at radius 1 is 1.33 bits per heavy atom. The predicted molar refractivity (Wildman–Crippen MR) is 87.3 cm³/mol. The molecule has 2 aromatic rings. The van der Waals surface area contributed by atoms with E-state index in [-0.39, 0.29) is 17.9 Å². The summed E-state index contributed by atoms with van der Waals surface area (Å²) in [5, 5.41) is 0. The largest absolute Gasteiger partial charge is 0.345 e. The van der Waals surface area contributed by atoms with Gasteiger partial charge in [-0.25, -0.2) is 9.97 Å². The van der Waals surface area contributed by atoms with E-state index in [9.17, 15) is 9.59 Å². The lowest BCUT2D eigenvalue weighted by molar-refractivity contribution is -0.134. The van der Waals surface area contributed by atoms with Gasteiger partial charge in [-0.1, -0.05) is 0 Å². The monoisotopic (exact) mass is 327 g/mol. The first-order valence-corrected chi connectivity index (χ1v) is 8.34. The number of rotatable bonds is 2. The lowest BCUT2D eigenvalue weighted by Crippen LogP contribution is -2.40. The zero-order valence-corrected chi connectivity index (χ0v) is 13.9. The Balaban J connectivity index is 1.50. The Labute approximate surface area is 140 Å². The smallest absolute Gasteiger partial charge is 0.274 e. The number of hydrogen-bond donors (Lipinski definition) is 0. The molecule has 4 rings (SSSR count). The zero-order chi connectivity index (χ0) is 16.8. The van der Waals surface area contributed by atoms with E-state index in [4.69, 9.17) is 0 Å². The van der Waals surface area contributed by atoms with Crippen LogP contribution in [0, 0.1) is 11.8 Å². The van der Waals surface area contributed by atoms with Crippen LogP contribution in [0.1, 0.15) is 29.8 Å². The number of fused-ring (bicyclic) bond motifs is 2. The van der Waals surface area contributed by atoms with Crippen LogP contribution in [0.3, 0.4) is 0 Å². The van der Waals surface area contributed by atoms with E-state index in [1.807, 2.05) is 31.3 Å². The van der Waals surface area contributed by atoms with Crippen molar-refractivity contribution in [3.05, 3.63) is 30.4 Å². The first-order chi connectivity index (χ1) is 11.5. The summed E-state index contributed by atoms with van der Waals surface area (Å²) in [4.78, 5) is 36.8. The van der Waals surface area contributed by atoms with Crippen molar-refractivity contribution in [3.8, 4) is 0 Å². The maximum Gasteiger partial charge on any atom is 0.274 e. The topological polar surface area (TPSA) is 70.8 Å². The van der Waals surface area contributed by atoms with Gasteiger partial charge >= 0.3 is 0 Å². The zero-order valence-electron chi connectivity index (χ0n) is 13.9. The Morgan fingerprint density at radius 2 is 2.12 bits per heavy atom. The van der Waals surface area contributed by atoms with Crippen LogP contribution in [0.4, 0.5) is 0 Å². The van der Waals surface area contributed by atoms with E-state index in [1.54, 1.807) is 21.7 Å². The van der Waals surface area contributed by atoms with Crippen molar-refractivity contribution in [1.29, 1.82) is 0 Å². The third kappa shape index (κ3) is 2.44. The average Bonchev–Trinajstić information content (AvgIpc) is 3.17. The van der Waals surface area contributed by atoms with Crippen LogP contribution in [-0.4, -0.2) is 62.7 Å². The first kappa shape index (κ1) is 15.1. The van der Waals surface area contributed by atoms with Crippen LogP contribution < -0.4 is 0 Å². The molecular weight excluding hydrogens is 306 g/mol. The molecule has 0 bridgehead atoms. The van der Waals surface area contributed by atoms with Gasteiger partial charge in [0, 0.05) is 51.7 Å². The number of likely N-dealkylation sites (tertiary alicyclic amines) is 1. The number of piperidine rings is 1. The second kappa shape index (κ2) is 5.58. The molecule has 0 unspecified atom stereocenters. The summed E-state index contributed by atoms with van der Waals surface area (Å²) in [6.07, 6.45) is 7.68. The van der Waals surface area contributed by atoms with Crippen LogP contribution in [0.25, 0.3) is 5.78 Å². The Morgan fingerprint density at radius 3 is 2.92 bits per heavy atom. The van der Waals surface area contributed by atoms with Gasteiger partial charge in [-0.05, 0) is 30.7 Å². The van der Waals surface area contributed by atoms with Crippen molar-refractivity contribution in [2.45, 2.75) is 25.3 Å². The van der Waals surface area contributed by atoms with Crippen molar-refractivity contribution in [3.63, 3.8) is 0 Å². The summed E-state index contributed by atoms with van der Waals surface area (Å²) >= 11 is 0. The third-order valence-corrected chi connectivity index (χ3v) is 5.51. The lowest BCUT2D eigenvalue weighted by atomic mass is 9.88. The molecule has 2 aromatic heterocycles. The molecule has 7 heteroatoms. The molecule has 3 atom stereocenters. The molecule has 1 saturated heterocycles. The first-order valence-electron chi connectivity index (χ1n) is 8.34. The fourth-order valence-electron chi connectivity index (χ4n) is 4.08. The number of nitrogens with zero attached hydrogens (tertiary/aromatic N) is 5. The Bertz CT molecular complexity index is 768. The molecule has 0 aromatic carbocycles. The summed E-state index contributed by atoms with van der Waals surface area (Å²) in [7, 11) is 3.71. The standard InChI is InChI=1S/C17H21N5O2/c1-20-9-12-7-13(6-11(12)8-15(20)23)21(2)16(24)14-10-22-5-3-4-18-17(22)19-14/h3-5,10-13H,6-9H2,1-2H3/t11-,12+,13-/m0/s1. The number of hydrogen-bond acceptors (Lipinski definition) is 4. The minimum atomic E-state index is -0.0798. The van der Waals surface area contributed by atoms with E-state index in [2.05, 4.69) is 9.97 Å². The van der Waals surface area contributed by atoms with Gasteiger partial charge < -0.3 is 9.80 Å². The number of aromatic nitrogens is 3. The van der Waals surface area contributed by atoms with Gasteiger partial charge in [-0.3, -0.25) is 14.0 Å². The molecule has 1 saturated carbocycles. The van der Waals surface area contributed by atoms with Gasteiger partial charge in [0.1, 0.15) is 5.69 Å². The molecule has 0 N–H and O–H groups in total. The summed E-state index contributed by atoms with van der Waals surface area (Å²) in [5.41, 5.74) is 0.416. The van der Waals surface area contributed by atoms with Crippen molar-refractivity contribution >= 4 is 17.6 Å². The molecule has 126 valence electrons. The van der Waals surface area contributed by atoms with Crippen molar-refractivity contribution < 1.29 is 9.59 Å². The minimum absolute atomic E-state index is 0.0798.